The average molecular weight is 745 g/mol. The van der Waals surface area contributed by atoms with E-state index in [1.54, 1.807) is 6.08 Å². The third kappa shape index (κ3) is 5.33. The van der Waals surface area contributed by atoms with Crippen LogP contribution in [0.1, 0.15) is 19.1 Å². The Hall–Kier alpha value is -7.43. The van der Waals surface area contributed by atoms with Crippen molar-refractivity contribution in [2.75, 3.05) is 0 Å². The first-order chi connectivity index (χ1) is 28.7. The van der Waals surface area contributed by atoms with Crippen LogP contribution in [0.5, 0.6) is 0 Å². The number of nitrogens with zero attached hydrogens (tertiary/aromatic N) is 3. The van der Waals surface area contributed by atoms with Crippen molar-refractivity contribution in [3.8, 4) is 22.3 Å². The van der Waals surface area contributed by atoms with Gasteiger partial charge in [-0.2, -0.15) is 0 Å². The fourth-order valence-electron chi connectivity index (χ4n) is 9.22. The first-order valence-electron chi connectivity index (χ1n) is 20.0. The number of para-hydroxylation sites is 3. The molecule has 9 aromatic rings. The molecule has 2 aromatic heterocycles. The van der Waals surface area contributed by atoms with Gasteiger partial charge in [-0.05, 0) is 93.9 Å². The van der Waals surface area contributed by atoms with E-state index in [-0.39, 0.29) is 6.29 Å². The van der Waals surface area contributed by atoms with Crippen LogP contribution in [0, 0.1) is 0 Å². The largest absolute Gasteiger partial charge is 0.345 e. The first-order valence-corrected chi connectivity index (χ1v) is 20.0. The summed E-state index contributed by atoms with van der Waals surface area (Å²) in [4.78, 5) is 5.24. The standard InChI is InChI=1S/C54H40N4/c1-3-4-16-35(2)53-43-22-10-13-24-47(43)55-54(56-53)58-48-25-14-11-20-41(48)46-33-38(31-32-50(46)58)36-27-29-37(30-28-36)45-34-51-52(42-21-9-8-19-40(42)45)44-23-12-15-26-49(44)57(51)39-17-6-5-7-18-39/h3-4,6,8-34,54,56H,1-2,5,7H2/b16-4-. The molecule has 0 fully saturated rings. The lowest BCUT2D eigenvalue weighted by Crippen LogP contribution is -2.41. The van der Waals surface area contributed by atoms with Gasteiger partial charge < -0.3 is 14.5 Å². The van der Waals surface area contributed by atoms with E-state index in [1.807, 2.05) is 24.3 Å². The van der Waals surface area contributed by atoms with Crippen molar-refractivity contribution in [1.82, 2.24) is 14.5 Å². The highest BCUT2D eigenvalue weighted by molar-refractivity contribution is 6.24. The van der Waals surface area contributed by atoms with Gasteiger partial charge in [-0.25, -0.2) is 4.99 Å². The number of hydrogen-bond donors (Lipinski definition) is 1. The number of hydrogen-bond acceptors (Lipinski definition) is 2. The molecule has 0 bridgehead atoms. The molecule has 0 saturated carbocycles. The van der Waals surface area contributed by atoms with Crippen molar-refractivity contribution in [3.05, 3.63) is 211 Å². The van der Waals surface area contributed by atoms with Crippen LogP contribution in [0.15, 0.2) is 206 Å². The Morgan fingerprint density at radius 2 is 1.33 bits per heavy atom. The highest BCUT2D eigenvalue weighted by Crippen LogP contribution is 2.42. The van der Waals surface area contributed by atoms with Crippen molar-refractivity contribution in [2.45, 2.75) is 19.1 Å². The van der Waals surface area contributed by atoms with Crippen LogP contribution in [0.4, 0.5) is 0 Å². The molecule has 3 heterocycles. The molecule has 11 rings (SSSR count). The molecule has 1 unspecified atom stereocenters. The molecule has 1 aliphatic carbocycles. The second kappa shape index (κ2) is 13.6. The second-order valence-corrected chi connectivity index (χ2v) is 15.2. The fourth-order valence-corrected chi connectivity index (χ4v) is 9.22. The normalized spacial score (nSPS) is 15.3. The van der Waals surface area contributed by atoms with Crippen molar-refractivity contribution in [3.63, 3.8) is 0 Å². The Bertz CT molecular complexity index is 3400. The van der Waals surface area contributed by atoms with Gasteiger partial charge in [-0.15, -0.1) is 0 Å². The summed E-state index contributed by atoms with van der Waals surface area (Å²) in [5.74, 6) is 0. The number of fused-ring (bicyclic) bond motifs is 9. The van der Waals surface area contributed by atoms with Crippen LogP contribution >= 0.6 is 0 Å². The molecule has 0 radical (unpaired) electrons. The van der Waals surface area contributed by atoms with E-state index in [2.05, 4.69) is 179 Å². The quantitative estimate of drug-likeness (QED) is 0.162. The molecule has 276 valence electrons. The van der Waals surface area contributed by atoms with E-state index in [4.69, 9.17) is 4.99 Å². The van der Waals surface area contributed by atoms with E-state index in [9.17, 15) is 0 Å². The van der Waals surface area contributed by atoms with Crippen LogP contribution in [0.2, 0.25) is 0 Å². The van der Waals surface area contributed by atoms with E-state index < -0.39 is 0 Å². The molecule has 0 amide bonds. The van der Waals surface area contributed by atoms with E-state index >= 15 is 0 Å². The molecular formula is C54H40N4. The van der Waals surface area contributed by atoms with Gasteiger partial charge in [0, 0.05) is 32.5 Å². The Kier molecular flexibility index (Phi) is 7.97. The molecule has 0 spiro atoms. The van der Waals surface area contributed by atoms with E-state index in [0.29, 0.717) is 0 Å². The lowest BCUT2D eigenvalue weighted by atomic mass is 9.93. The van der Waals surface area contributed by atoms with E-state index in [1.165, 1.54) is 71.3 Å². The smallest absolute Gasteiger partial charge is 0.201 e. The minimum Gasteiger partial charge on any atom is -0.345 e. The summed E-state index contributed by atoms with van der Waals surface area (Å²) in [6.45, 7) is 8.25. The maximum absolute atomic E-state index is 5.24. The van der Waals surface area contributed by atoms with Crippen LogP contribution in [-0.4, -0.2) is 9.13 Å². The molecular weight excluding hydrogens is 705 g/mol. The number of aromatic nitrogens is 2. The summed E-state index contributed by atoms with van der Waals surface area (Å²) >= 11 is 0. The average Bonchev–Trinajstić information content (AvgIpc) is 3.80. The van der Waals surface area contributed by atoms with Crippen LogP contribution in [0.3, 0.4) is 0 Å². The molecule has 4 heteroatoms. The Morgan fingerprint density at radius 3 is 2.14 bits per heavy atom. The van der Waals surface area contributed by atoms with Crippen LogP contribution in [-0.2, 0) is 0 Å². The summed E-state index contributed by atoms with van der Waals surface area (Å²) in [7, 11) is 0. The first kappa shape index (κ1) is 33.9. The second-order valence-electron chi connectivity index (χ2n) is 15.2. The molecule has 7 aromatic carbocycles. The third-order valence-electron chi connectivity index (χ3n) is 11.9. The molecule has 2 aliphatic rings. The van der Waals surface area contributed by atoms with Gasteiger partial charge in [-0.1, -0.05) is 153 Å². The monoisotopic (exact) mass is 744 g/mol. The summed E-state index contributed by atoms with van der Waals surface area (Å²) in [6, 6.07) is 53.0. The van der Waals surface area contributed by atoms with Crippen molar-refractivity contribution in [1.29, 1.82) is 0 Å². The SMILES string of the molecule is C=C/C=C\C(=C)C1=c2ccccc2=NC(n2c3ccccc3c3cc(-c4ccc(-c5cc6c(c7ccccc57)c5ccccc5n6C5=CCCC=C5)cc4)ccc32)N1. The summed E-state index contributed by atoms with van der Waals surface area (Å²) in [5, 5.41) is 13.2. The van der Waals surface area contributed by atoms with Gasteiger partial charge >= 0.3 is 0 Å². The van der Waals surface area contributed by atoms with Crippen LogP contribution in [0.25, 0.3) is 88.0 Å². The van der Waals surface area contributed by atoms with Crippen LogP contribution < -0.4 is 15.9 Å². The topological polar surface area (TPSA) is 34.2 Å². The Labute approximate surface area is 336 Å². The minimum absolute atomic E-state index is 0.359. The highest BCUT2D eigenvalue weighted by atomic mass is 15.3. The van der Waals surface area contributed by atoms with Gasteiger partial charge in [0.2, 0.25) is 6.29 Å². The summed E-state index contributed by atoms with van der Waals surface area (Å²) in [5.41, 5.74) is 12.6. The zero-order valence-electron chi connectivity index (χ0n) is 32.1. The minimum atomic E-state index is -0.359. The number of benzene rings is 7. The van der Waals surface area contributed by atoms with Crippen molar-refractivity contribution < 1.29 is 0 Å². The lowest BCUT2D eigenvalue weighted by Gasteiger charge is -2.25. The van der Waals surface area contributed by atoms with Gasteiger partial charge in [0.1, 0.15) is 0 Å². The Balaban J connectivity index is 1.02. The predicted molar refractivity (Wildman–Crippen MR) is 245 cm³/mol. The molecule has 4 nitrogen and oxygen atoms in total. The number of nitrogens with one attached hydrogen (secondary N) is 1. The lowest BCUT2D eigenvalue weighted by molar-refractivity contribution is 0.489. The zero-order valence-corrected chi connectivity index (χ0v) is 32.1. The molecule has 1 atom stereocenters. The van der Waals surface area contributed by atoms with Gasteiger partial charge in [-0.3, -0.25) is 0 Å². The zero-order chi connectivity index (χ0) is 38.7. The molecule has 1 aliphatic heterocycles. The van der Waals surface area contributed by atoms with E-state index in [0.717, 1.165) is 45.7 Å². The number of rotatable bonds is 7. The van der Waals surface area contributed by atoms with Gasteiger partial charge in [0.05, 0.1) is 33.1 Å². The van der Waals surface area contributed by atoms with Gasteiger partial charge in [0.15, 0.2) is 0 Å². The molecule has 58 heavy (non-hydrogen) atoms. The van der Waals surface area contributed by atoms with Crippen molar-refractivity contribution in [2.24, 2.45) is 4.99 Å². The highest BCUT2D eigenvalue weighted by Gasteiger charge is 2.23. The maximum Gasteiger partial charge on any atom is 0.201 e. The molecule has 0 saturated heterocycles. The fraction of sp³-hybridized carbons (Fsp3) is 0.0556. The number of allylic oxidation sites excluding steroid dienone is 6. The summed E-state index contributed by atoms with van der Waals surface area (Å²) in [6.07, 6.45) is 14.4. The molecule has 1 N–H and O–H groups in total. The third-order valence-corrected chi connectivity index (χ3v) is 11.9. The Morgan fingerprint density at radius 1 is 0.638 bits per heavy atom. The van der Waals surface area contributed by atoms with Crippen molar-refractivity contribution >= 4 is 65.8 Å². The maximum atomic E-state index is 5.24. The summed E-state index contributed by atoms with van der Waals surface area (Å²) < 4.78 is 4.78. The van der Waals surface area contributed by atoms with Gasteiger partial charge in [0.25, 0.3) is 0 Å². The predicted octanol–water partition coefficient (Wildman–Crippen LogP) is 12.4.